The highest BCUT2D eigenvalue weighted by atomic mass is 32.2. The first-order valence-corrected chi connectivity index (χ1v) is 12.2. The molecule has 0 aliphatic carbocycles. The zero-order chi connectivity index (χ0) is 24.6. The van der Waals surface area contributed by atoms with Crippen LogP contribution in [0.5, 0.6) is 0 Å². The molecule has 0 bridgehead atoms. The van der Waals surface area contributed by atoms with Crippen LogP contribution in [0.3, 0.4) is 0 Å². The van der Waals surface area contributed by atoms with Gasteiger partial charge in [-0.15, -0.1) is 0 Å². The fourth-order valence-electron chi connectivity index (χ4n) is 3.73. The maximum Gasteiger partial charge on any atom is 0.257 e. The first-order valence-electron chi connectivity index (χ1n) is 10.6. The minimum Gasteiger partial charge on any atom is -0.326 e. The van der Waals surface area contributed by atoms with Gasteiger partial charge in [-0.25, -0.2) is 18.5 Å². The Morgan fingerprint density at radius 1 is 1.06 bits per heavy atom. The predicted molar refractivity (Wildman–Crippen MR) is 125 cm³/mol. The number of anilines is 1. The van der Waals surface area contributed by atoms with E-state index in [4.69, 9.17) is 5.14 Å². The van der Waals surface area contributed by atoms with E-state index in [0.29, 0.717) is 0 Å². The van der Waals surface area contributed by atoms with Crippen LogP contribution in [-0.2, 0) is 31.0 Å². The lowest BCUT2D eigenvalue weighted by atomic mass is 9.91. The number of carbonyl (C=O) groups is 3. The van der Waals surface area contributed by atoms with Gasteiger partial charge >= 0.3 is 0 Å². The summed E-state index contributed by atoms with van der Waals surface area (Å²) >= 11 is 0. The monoisotopic (exact) mass is 471 g/mol. The first kappa shape index (κ1) is 24.6. The van der Waals surface area contributed by atoms with Gasteiger partial charge in [-0.05, 0) is 42.2 Å². The Labute approximate surface area is 194 Å². The quantitative estimate of drug-likeness (QED) is 0.650. The molecular weight excluding hydrogens is 442 g/mol. The largest absolute Gasteiger partial charge is 0.326 e. The van der Waals surface area contributed by atoms with Crippen molar-refractivity contribution >= 4 is 33.4 Å². The van der Waals surface area contributed by atoms with Crippen LogP contribution in [-0.4, -0.2) is 37.1 Å². The molecule has 1 saturated heterocycles. The standard InChI is InChI=1S/C24H29N3O5S/c1-16-5-7-17(8-6-16)15-26(22(29)14-24(2,3)4)20-13-21(28)27(23(20)30)18-9-11-19(12-10-18)33(25,31)32/h5-12,20H,13-15H2,1-4H3,(H2,25,31,32). The van der Waals surface area contributed by atoms with Crippen LogP contribution in [0.2, 0.25) is 0 Å². The summed E-state index contributed by atoms with van der Waals surface area (Å²) in [5.74, 6) is -1.18. The van der Waals surface area contributed by atoms with Crippen molar-refractivity contribution in [2.75, 3.05) is 4.90 Å². The van der Waals surface area contributed by atoms with Gasteiger partial charge in [-0.2, -0.15) is 0 Å². The molecule has 33 heavy (non-hydrogen) atoms. The van der Waals surface area contributed by atoms with E-state index in [9.17, 15) is 22.8 Å². The third kappa shape index (κ3) is 5.85. The molecule has 8 nitrogen and oxygen atoms in total. The van der Waals surface area contributed by atoms with E-state index in [1.807, 2.05) is 52.0 Å². The Morgan fingerprint density at radius 2 is 1.64 bits per heavy atom. The molecule has 1 unspecified atom stereocenters. The summed E-state index contributed by atoms with van der Waals surface area (Å²) in [7, 11) is -3.90. The molecule has 0 saturated carbocycles. The summed E-state index contributed by atoms with van der Waals surface area (Å²) in [6.45, 7) is 7.99. The Balaban J connectivity index is 1.91. The van der Waals surface area contributed by atoms with E-state index in [1.165, 1.54) is 29.2 Å². The van der Waals surface area contributed by atoms with E-state index in [0.717, 1.165) is 16.0 Å². The highest BCUT2D eigenvalue weighted by Crippen LogP contribution is 2.29. The molecule has 2 aromatic carbocycles. The van der Waals surface area contributed by atoms with Gasteiger partial charge in [0.1, 0.15) is 6.04 Å². The Hall–Kier alpha value is -3.04. The number of carbonyl (C=O) groups excluding carboxylic acids is 3. The number of primary sulfonamides is 1. The summed E-state index contributed by atoms with van der Waals surface area (Å²) in [5, 5.41) is 5.12. The number of aryl methyl sites for hydroxylation is 1. The van der Waals surface area contributed by atoms with Gasteiger partial charge < -0.3 is 4.90 Å². The SMILES string of the molecule is Cc1ccc(CN(C(=O)CC(C)(C)C)C2CC(=O)N(c3ccc(S(N)(=O)=O)cc3)C2=O)cc1. The van der Waals surface area contributed by atoms with Gasteiger partial charge in [0, 0.05) is 13.0 Å². The van der Waals surface area contributed by atoms with Gasteiger partial charge in [0.2, 0.25) is 21.8 Å². The Bertz CT molecular complexity index is 1170. The lowest BCUT2D eigenvalue weighted by Crippen LogP contribution is -2.46. The summed E-state index contributed by atoms with van der Waals surface area (Å²) in [4.78, 5) is 41.7. The number of nitrogens with zero attached hydrogens (tertiary/aromatic N) is 2. The number of rotatable bonds is 6. The molecule has 0 radical (unpaired) electrons. The second-order valence-corrected chi connectivity index (χ2v) is 11.1. The molecule has 3 amide bonds. The van der Waals surface area contributed by atoms with E-state index in [2.05, 4.69) is 0 Å². The van der Waals surface area contributed by atoms with Crippen LogP contribution in [0, 0.1) is 12.3 Å². The fraction of sp³-hybridized carbons (Fsp3) is 0.375. The second kappa shape index (κ2) is 9.07. The summed E-state index contributed by atoms with van der Waals surface area (Å²) in [6, 6.07) is 11.9. The Morgan fingerprint density at radius 3 is 2.15 bits per heavy atom. The van der Waals surface area contributed by atoms with E-state index < -0.39 is 27.9 Å². The average molecular weight is 472 g/mol. The van der Waals surface area contributed by atoms with Crippen molar-refractivity contribution in [3.05, 3.63) is 59.7 Å². The molecule has 2 aromatic rings. The van der Waals surface area contributed by atoms with E-state index in [-0.39, 0.29) is 41.3 Å². The molecule has 176 valence electrons. The van der Waals surface area contributed by atoms with Crippen LogP contribution in [0.15, 0.2) is 53.4 Å². The van der Waals surface area contributed by atoms with Crippen molar-refractivity contribution in [1.29, 1.82) is 0 Å². The van der Waals surface area contributed by atoms with E-state index >= 15 is 0 Å². The zero-order valence-electron chi connectivity index (χ0n) is 19.2. The van der Waals surface area contributed by atoms with Gasteiger partial charge in [0.25, 0.3) is 5.91 Å². The molecule has 1 heterocycles. The zero-order valence-corrected chi connectivity index (χ0v) is 20.1. The molecule has 1 aliphatic heterocycles. The number of nitrogens with two attached hydrogens (primary N) is 1. The number of hydrogen-bond donors (Lipinski definition) is 1. The highest BCUT2D eigenvalue weighted by Gasteiger charge is 2.44. The van der Waals surface area contributed by atoms with Crippen LogP contribution >= 0.6 is 0 Å². The molecule has 0 aromatic heterocycles. The summed E-state index contributed by atoms with van der Waals surface area (Å²) in [5.41, 5.74) is 1.88. The molecule has 2 N–H and O–H groups in total. The lowest BCUT2D eigenvalue weighted by Gasteiger charge is -2.30. The van der Waals surface area contributed by atoms with E-state index in [1.54, 1.807) is 0 Å². The minimum atomic E-state index is -3.90. The van der Waals surface area contributed by atoms with Crippen LogP contribution in [0.1, 0.15) is 44.7 Å². The summed E-state index contributed by atoms with van der Waals surface area (Å²) < 4.78 is 23.0. The lowest BCUT2D eigenvalue weighted by molar-refractivity contribution is -0.140. The number of benzene rings is 2. The molecule has 3 rings (SSSR count). The third-order valence-electron chi connectivity index (χ3n) is 5.40. The molecular formula is C24H29N3O5S. The number of sulfonamides is 1. The molecule has 9 heteroatoms. The Kier molecular flexibility index (Phi) is 6.76. The van der Waals surface area contributed by atoms with Gasteiger partial charge in [-0.3, -0.25) is 14.4 Å². The van der Waals surface area contributed by atoms with Gasteiger partial charge in [0.15, 0.2) is 0 Å². The third-order valence-corrected chi connectivity index (χ3v) is 6.33. The molecule has 1 fully saturated rings. The maximum atomic E-state index is 13.3. The van der Waals surface area contributed by atoms with Gasteiger partial charge in [-0.1, -0.05) is 50.6 Å². The van der Waals surface area contributed by atoms with Crippen LogP contribution in [0.25, 0.3) is 0 Å². The van der Waals surface area contributed by atoms with Crippen molar-refractivity contribution in [2.24, 2.45) is 10.6 Å². The first-order chi connectivity index (χ1) is 15.3. The normalized spacial score (nSPS) is 16.9. The number of hydrogen-bond acceptors (Lipinski definition) is 5. The average Bonchev–Trinajstić information content (AvgIpc) is 2.99. The number of amides is 3. The minimum absolute atomic E-state index is 0.122. The van der Waals surface area contributed by atoms with Crippen molar-refractivity contribution in [2.45, 2.75) is 58.0 Å². The second-order valence-electron chi connectivity index (χ2n) is 9.57. The molecule has 0 spiro atoms. The smallest absolute Gasteiger partial charge is 0.257 e. The maximum absolute atomic E-state index is 13.3. The van der Waals surface area contributed by atoms with Crippen molar-refractivity contribution in [3.8, 4) is 0 Å². The highest BCUT2D eigenvalue weighted by molar-refractivity contribution is 7.89. The van der Waals surface area contributed by atoms with Crippen LogP contribution in [0.4, 0.5) is 5.69 Å². The van der Waals surface area contributed by atoms with Crippen LogP contribution < -0.4 is 10.0 Å². The summed E-state index contributed by atoms with van der Waals surface area (Å²) in [6.07, 6.45) is 0.0808. The fourth-order valence-corrected chi connectivity index (χ4v) is 4.25. The van der Waals surface area contributed by atoms with Gasteiger partial charge in [0.05, 0.1) is 17.0 Å². The predicted octanol–water partition coefficient (Wildman–Crippen LogP) is 2.74. The van der Waals surface area contributed by atoms with Crippen molar-refractivity contribution < 1.29 is 22.8 Å². The van der Waals surface area contributed by atoms with Crippen molar-refractivity contribution in [1.82, 2.24) is 4.90 Å². The molecule has 1 aliphatic rings. The van der Waals surface area contributed by atoms with Crippen molar-refractivity contribution in [3.63, 3.8) is 0 Å². The molecule has 1 atom stereocenters. The topological polar surface area (TPSA) is 118 Å². The number of imide groups is 1.